The number of aryl methyl sites for hydroxylation is 2. The lowest BCUT2D eigenvalue weighted by molar-refractivity contribution is 0.0739. The lowest BCUT2D eigenvalue weighted by Crippen LogP contribution is -2.25. The molecule has 1 atom stereocenters. The monoisotopic (exact) mass is 529 g/mol. The fourth-order valence-electron chi connectivity index (χ4n) is 4.96. The van der Waals surface area contributed by atoms with Gasteiger partial charge in [0.15, 0.2) is 0 Å². The van der Waals surface area contributed by atoms with Crippen molar-refractivity contribution in [3.05, 3.63) is 63.2 Å². The Bertz CT molecular complexity index is 1040. The average Bonchev–Trinajstić information content (AvgIpc) is 2.93. The van der Waals surface area contributed by atoms with E-state index in [0.717, 1.165) is 79.7 Å². The molecule has 5 heteroatoms. The van der Waals surface area contributed by atoms with Gasteiger partial charge in [-0.05, 0) is 120 Å². The van der Waals surface area contributed by atoms with Crippen molar-refractivity contribution >= 4 is 0 Å². The van der Waals surface area contributed by atoms with Gasteiger partial charge >= 0.3 is 0 Å². The van der Waals surface area contributed by atoms with Crippen LogP contribution in [0, 0.1) is 27.7 Å². The molecule has 0 aliphatic rings. The predicted molar refractivity (Wildman–Crippen MR) is 158 cm³/mol. The van der Waals surface area contributed by atoms with Gasteiger partial charge in [0.2, 0.25) is 1.43 Å². The van der Waals surface area contributed by atoms with Gasteiger partial charge in [-0.15, -0.1) is 0 Å². The van der Waals surface area contributed by atoms with Gasteiger partial charge in [0.25, 0.3) is 0 Å². The van der Waals surface area contributed by atoms with Gasteiger partial charge < -0.3 is 24.6 Å². The van der Waals surface area contributed by atoms with Crippen LogP contribution in [0.3, 0.4) is 0 Å². The lowest BCUT2D eigenvalue weighted by Gasteiger charge is -2.27. The third-order valence-electron chi connectivity index (χ3n) is 7.72. The van der Waals surface area contributed by atoms with Crippen molar-refractivity contribution in [2.45, 2.75) is 98.2 Å². The Balaban J connectivity index is 1.70. The Labute approximate surface area is 235 Å². The van der Waals surface area contributed by atoms with E-state index in [9.17, 15) is 0 Å². The van der Waals surface area contributed by atoms with Crippen LogP contribution in [0.4, 0.5) is 0 Å². The van der Waals surface area contributed by atoms with Crippen molar-refractivity contribution in [1.29, 1.82) is 1.43 Å². The highest BCUT2D eigenvalue weighted by Crippen LogP contribution is 2.38. The third kappa shape index (κ3) is 9.68. The zero-order valence-electron chi connectivity index (χ0n) is 27.2. The molecule has 38 heavy (non-hydrogen) atoms. The van der Waals surface area contributed by atoms with Crippen molar-refractivity contribution in [1.82, 2.24) is 5.31 Å². The smallest absolute Gasteiger partial charge is 0.211 e. The van der Waals surface area contributed by atoms with Crippen LogP contribution in [0.2, 0.25) is 1.41 Å². The maximum absolute atomic E-state index is 8.52. The van der Waals surface area contributed by atoms with Crippen LogP contribution in [0.25, 0.3) is 0 Å². The number of benzene rings is 2. The Morgan fingerprint density at radius 1 is 0.947 bits per heavy atom. The summed E-state index contributed by atoms with van der Waals surface area (Å²) in [5.74, 6) is 0.734. The molecule has 5 nitrogen and oxygen atoms in total. The van der Waals surface area contributed by atoms with E-state index in [-0.39, 0.29) is 6.10 Å². The second-order valence-corrected chi connectivity index (χ2v) is 11.0. The summed E-state index contributed by atoms with van der Waals surface area (Å²) < 4.78 is 33.5. The zero-order chi connectivity index (χ0) is 29.7. The number of aliphatic hydroxyl groups is 1. The Hall–Kier alpha value is -1.92. The highest BCUT2D eigenvalue weighted by molar-refractivity contribution is 5.52. The zero-order valence-corrected chi connectivity index (χ0v) is 25.2. The molecular formula is C33H53NO4. The summed E-state index contributed by atoms with van der Waals surface area (Å²) in [5, 5.41) is 6.63. The Morgan fingerprint density at radius 2 is 1.66 bits per heavy atom. The van der Waals surface area contributed by atoms with Crippen LogP contribution in [0.5, 0.6) is 5.75 Å². The molecule has 0 fully saturated rings. The first-order valence-electron chi connectivity index (χ1n) is 15.1. The molecule has 2 N–H and O–H groups in total. The Kier molecular flexibility index (Phi) is 12.4. The first-order chi connectivity index (χ1) is 19.1. The number of hydrogen-bond donors (Lipinski definition) is 2. The molecule has 0 aromatic heterocycles. The van der Waals surface area contributed by atoms with Gasteiger partial charge in [-0.3, -0.25) is 0 Å². The van der Waals surface area contributed by atoms with Crippen molar-refractivity contribution in [2.24, 2.45) is 0 Å². The number of methoxy groups -OCH3 is 2. The first-order valence-corrected chi connectivity index (χ1v) is 14.3. The van der Waals surface area contributed by atoms with E-state index in [1.54, 1.807) is 19.5 Å². The van der Waals surface area contributed by atoms with Crippen LogP contribution in [-0.4, -0.2) is 47.1 Å². The van der Waals surface area contributed by atoms with Gasteiger partial charge in [-0.2, -0.15) is 0 Å². The van der Waals surface area contributed by atoms with Gasteiger partial charge in [0.05, 0.1) is 18.8 Å². The van der Waals surface area contributed by atoms with Gasteiger partial charge in [0.1, 0.15) is 7.16 Å². The minimum absolute atomic E-state index is 0.259. The highest BCUT2D eigenvalue weighted by atomic mass is 16.5. The molecule has 2 aromatic rings. The summed E-state index contributed by atoms with van der Waals surface area (Å²) in [6, 6.07) is 8.59. The van der Waals surface area contributed by atoms with Crippen molar-refractivity contribution in [2.75, 3.05) is 40.5 Å². The SMILES string of the molecule is [2H]OC(C)(C)c1cc(C(CN([2H])CCCCCCOCCCCc2cccc(C)c2C)OC)c(C)c(C)c1OC. The van der Waals surface area contributed by atoms with E-state index >= 15 is 0 Å². The molecule has 0 bridgehead atoms. The number of hydrogen-bond acceptors (Lipinski definition) is 5. The fraction of sp³-hybridized carbons (Fsp3) is 0.636. The molecule has 2 rings (SSSR count). The summed E-state index contributed by atoms with van der Waals surface area (Å²) in [4.78, 5) is 0. The molecule has 0 spiro atoms. The molecule has 0 saturated carbocycles. The first kappa shape index (κ1) is 29.1. The van der Waals surface area contributed by atoms with E-state index in [2.05, 4.69) is 39.0 Å². The molecule has 0 heterocycles. The minimum Gasteiger partial charge on any atom is -0.496 e. The second kappa shape index (κ2) is 16.2. The molecule has 214 valence electrons. The van der Waals surface area contributed by atoms with E-state index in [1.807, 2.05) is 26.8 Å². The maximum atomic E-state index is 8.52. The minimum atomic E-state index is -0.832. The molecular weight excluding hydrogens is 474 g/mol. The number of ether oxygens (including phenoxy) is 3. The summed E-state index contributed by atoms with van der Waals surface area (Å²) in [6.45, 7) is 15.0. The average molecular weight is 530 g/mol. The lowest BCUT2D eigenvalue weighted by atomic mass is 9.88. The van der Waals surface area contributed by atoms with Gasteiger partial charge in [-0.25, -0.2) is 0 Å². The van der Waals surface area contributed by atoms with Crippen LogP contribution < -0.4 is 10.0 Å². The van der Waals surface area contributed by atoms with E-state index in [4.69, 9.17) is 22.2 Å². The molecule has 0 radical (unpaired) electrons. The second-order valence-electron chi connectivity index (χ2n) is 11.0. The molecule has 1 unspecified atom stereocenters. The fourth-order valence-corrected chi connectivity index (χ4v) is 4.96. The largest absolute Gasteiger partial charge is 0.496 e. The maximum Gasteiger partial charge on any atom is 0.211 e. The summed E-state index contributed by atoms with van der Waals surface area (Å²) in [6.07, 6.45) is 7.38. The topological polar surface area (TPSA) is 60.0 Å². The van der Waals surface area contributed by atoms with E-state index in [0.29, 0.717) is 13.1 Å². The van der Waals surface area contributed by atoms with Crippen molar-refractivity contribution in [3.8, 4) is 5.75 Å². The summed E-state index contributed by atoms with van der Waals surface area (Å²) in [7, 11) is 3.33. The molecule has 2 aromatic carbocycles. The number of nitrogens with one attached hydrogen (secondary N) is 1. The normalized spacial score (nSPS) is 13.5. The third-order valence-corrected chi connectivity index (χ3v) is 7.72. The van der Waals surface area contributed by atoms with Gasteiger partial charge in [-0.1, -0.05) is 31.0 Å². The van der Waals surface area contributed by atoms with Crippen LogP contribution in [0.1, 0.15) is 97.4 Å². The molecule has 0 amide bonds. The highest BCUT2D eigenvalue weighted by Gasteiger charge is 2.27. The predicted octanol–water partition coefficient (Wildman–Crippen LogP) is 7.03. The van der Waals surface area contributed by atoms with Crippen LogP contribution in [0.15, 0.2) is 24.3 Å². The van der Waals surface area contributed by atoms with Crippen molar-refractivity contribution in [3.63, 3.8) is 0 Å². The van der Waals surface area contributed by atoms with Crippen LogP contribution >= 0.6 is 0 Å². The van der Waals surface area contributed by atoms with E-state index in [1.165, 1.54) is 23.1 Å². The number of rotatable bonds is 19. The van der Waals surface area contributed by atoms with Gasteiger partial charge in [0, 0.05) is 32.4 Å². The van der Waals surface area contributed by atoms with Crippen molar-refractivity contribution < 1.29 is 20.7 Å². The standard InChI is InChI=1S/C33H53NO4/c1-24-16-15-18-28(25(24)2)17-11-14-21-38-20-13-10-9-12-19-34-23-31(36-7)29-22-30(33(5,6)35)32(37-8)27(4)26(29)3/h15-16,18,22,31,34-35H,9-14,17,19-21,23H2,1-8H3/i35D/hD. The summed E-state index contributed by atoms with van der Waals surface area (Å²) >= 11 is 0. The summed E-state index contributed by atoms with van der Waals surface area (Å²) in [5.41, 5.74) is 7.32. The number of unbranched alkanes of at least 4 members (excludes halogenated alkanes) is 4. The quantitative estimate of drug-likeness (QED) is 0.191. The van der Waals surface area contributed by atoms with E-state index < -0.39 is 5.60 Å². The molecule has 0 saturated heterocycles. The van der Waals surface area contributed by atoms with Crippen LogP contribution in [-0.2, 0) is 21.5 Å². The molecule has 0 aliphatic heterocycles. The molecule has 0 aliphatic carbocycles. The Morgan fingerprint density at radius 3 is 2.34 bits per heavy atom.